The molecule has 0 unspecified atom stereocenters. The van der Waals surface area contributed by atoms with Crippen LogP contribution in [0.2, 0.25) is 0 Å². The van der Waals surface area contributed by atoms with Crippen LogP contribution in [0.25, 0.3) is 0 Å². The standard InChI is InChI=1S/C7H9BNO2/c9-5-6-1-3-7(4-2-6)11-8-10/h1-4,10H,5,9H2. The Morgan fingerprint density at radius 1 is 1.36 bits per heavy atom. The Kier molecular flexibility index (Phi) is 2.95. The van der Waals surface area contributed by atoms with Crippen molar-refractivity contribution in [1.29, 1.82) is 0 Å². The highest BCUT2D eigenvalue weighted by atomic mass is 16.5. The Labute approximate surface area is 66.1 Å². The van der Waals surface area contributed by atoms with Gasteiger partial charge in [0.05, 0.1) is 5.75 Å². The largest absolute Gasteiger partial charge is 0.569 e. The third-order valence-corrected chi connectivity index (χ3v) is 1.35. The fourth-order valence-corrected chi connectivity index (χ4v) is 0.765. The van der Waals surface area contributed by atoms with Crippen molar-refractivity contribution in [1.82, 2.24) is 0 Å². The normalized spacial score (nSPS) is 9.27. The van der Waals surface area contributed by atoms with Crippen molar-refractivity contribution in [2.75, 3.05) is 0 Å². The van der Waals surface area contributed by atoms with E-state index in [1.165, 1.54) is 0 Å². The van der Waals surface area contributed by atoms with Gasteiger partial charge in [0, 0.05) is 6.54 Å². The predicted octanol–water partition coefficient (Wildman–Crippen LogP) is 0.0506. The second-order valence-corrected chi connectivity index (χ2v) is 2.07. The highest BCUT2D eigenvalue weighted by Crippen LogP contribution is 2.10. The molecule has 0 aliphatic rings. The zero-order valence-electron chi connectivity index (χ0n) is 6.03. The first kappa shape index (κ1) is 8.10. The minimum absolute atomic E-state index is 0.517. The molecule has 0 heterocycles. The van der Waals surface area contributed by atoms with Gasteiger partial charge in [0.25, 0.3) is 0 Å². The van der Waals surface area contributed by atoms with Crippen molar-refractivity contribution >= 4 is 7.69 Å². The lowest BCUT2D eigenvalue weighted by Gasteiger charge is -2.01. The maximum Gasteiger partial charge on any atom is 0.569 e. The molecule has 4 heteroatoms. The molecule has 57 valence electrons. The van der Waals surface area contributed by atoms with Crippen LogP contribution in [0.15, 0.2) is 24.3 Å². The number of nitrogens with two attached hydrogens (primary N) is 1. The van der Waals surface area contributed by atoms with Gasteiger partial charge in [-0.25, -0.2) is 0 Å². The van der Waals surface area contributed by atoms with Crippen molar-refractivity contribution in [3.05, 3.63) is 29.8 Å². The minimum atomic E-state index is 0.517. The lowest BCUT2D eigenvalue weighted by molar-refractivity contribution is 0.453. The minimum Gasteiger partial charge on any atom is -0.537 e. The van der Waals surface area contributed by atoms with E-state index in [0.717, 1.165) is 5.56 Å². The Balaban J connectivity index is 2.66. The van der Waals surface area contributed by atoms with Crippen molar-refractivity contribution in [3.63, 3.8) is 0 Å². The number of benzene rings is 1. The number of hydrogen-bond acceptors (Lipinski definition) is 3. The average molecular weight is 150 g/mol. The van der Waals surface area contributed by atoms with Gasteiger partial charge in [0.1, 0.15) is 0 Å². The molecular formula is C7H9BNO2. The summed E-state index contributed by atoms with van der Waals surface area (Å²) in [5, 5.41) is 8.27. The highest BCUT2D eigenvalue weighted by Gasteiger charge is 1.93. The summed E-state index contributed by atoms with van der Waals surface area (Å²) >= 11 is 0. The van der Waals surface area contributed by atoms with E-state index in [9.17, 15) is 0 Å². The third-order valence-electron chi connectivity index (χ3n) is 1.35. The molecule has 0 aromatic heterocycles. The van der Waals surface area contributed by atoms with E-state index in [4.69, 9.17) is 15.4 Å². The first-order chi connectivity index (χ1) is 5.36. The van der Waals surface area contributed by atoms with Crippen LogP contribution in [-0.2, 0) is 6.54 Å². The molecule has 0 amide bonds. The van der Waals surface area contributed by atoms with Crippen LogP contribution in [0.3, 0.4) is 0 Å². The van der Waals surface area contributed by atoms with Crippen molar-refractivity contribution in [2.45, 2.75) is 6.54 Å². The molecule has 3 N–H and O–H groups in total. The SMILES string of the molecule is NCc1ccc(O[B]O)cc1. The van der Waals surface area contributed by atoms with Crippen LogP contribution in [0.1, 0.15) is 5.56 Å². The molecule has 0 spiro atoms. The Hall–Kier alpha value is -0.995. The number of hydrogen-bond donors (Lipinski definition) is 2. The maximum absolute atomic E-state index is 8.27. The summed E-state index contributed by atoms with van der Waals surface area (Å²) in [7, 11) is 0.650. The van der Waals surface area contributed by atoms with Gasteiger partial charge >= 0.3 is 7.69 Å². The summed E-state index contributed by atoms with van der Waals surface area (Å²) in [6.45, 7) is 0.517. The molecule has 1 radical (unpaired) electrons. The second kappa shape index (κ2) is 4.00. The van der Waals surface area contributed by atoms with Gasteiger partial charge in [0.2, 0.25) is 0 Å². The first-order valence-electron chi connectivity index (χ1n) is 3.28. The third kappa shape index (κ3) is 2.25. The molecule has 0 bridgehead atoms. The highest BCUT2D eigenvalue weighted by molar-refractivity contribution is 6.17. The van der Waals surface area contributed by atoms with Gasteiger partial charge in [-0.05, 0) is 17.7 Å². The summed E-state index contributed by atoms with van der Waals surface area (Å²) in [4.78, 5) is 0. The fourth-order valence-electron chi connectivity index (χ4n) is 0.765. The van der Waals surface area contributed by atoms with Crippen LogP contribution >= 0.6 is 0 Å². The molecule has 1 aromatic rings. The quantitative estimate of drug-likeness (QED) is 0.598. The molecule has 3 nitrogen and oxygen atoms in total. The van der Waals surface area contributed by atoms with Gasteiger partial charge < -0.3 is 15.4 Å². The Morgan fingerprint density at radius 2 is 2.00 bits per heavy atom. The molecular weight excluding hydrogens is 141 g/mol. The van der Waals surface area contributed by atoms with Gasteiger partial charge in [-0.3, -0.25) is 0 Å². The van der Waals surface area contributed by atoms with E-state index >= 15 is 0 Å². The van der Waals surface area contributed by atoms with Crippen LogP contribution in [0.4, 0.5) is 0 Å². The molecule has 11 heavy (non-hydrogen) atoms. The summed E-state index contributed by atoms with van der Waals surface area (Å²) in [6, 6.07) is 7.18. The summed E-state index contributed by atoms with van der Waals surface area (Å²) in [5.74, 6) is 0.602. The lowest BCUT2D eigenvalue weighted by atomic mass is 10.2. The summed E-state index contributed by atoms with van der Waals surface area (Å²) in [5.41, 5.74) is 6.41. The van der Waals surface area contributed by atoms with E-state index < -0.39 is 0 Å². The smallest absolute Gasteiger partial charge is 0.537 e. The van der Waals surface area contributed by atoms with Crippen LogP contribution in [0, 0.1) is 0 Å². The second-order valence-electron chi connectivity index (χ2n) is 2.07. The van der Waals surface area contributed by atoms with Gasteiger partial charge in [-0.15, -0.1) is 0 Å². The van der Waals surface area contributed by atoms with E-state index in [1.807, 2.05) is 12.1 Å². The molecule has 0 saturated heterocycles. The van der Waals surface area contributed by atoms with Gasteiger partial charge in [-0.2, -0.15) is 0 Å². The zero-order valence-corrected chi connectivity index (χ0v) is 6.03. The summed E-state index contributed by atoms with van der Waals surface area (Å²) in [6.07, 6.45) is 0. The van der Waals surface area contributed by atoms with Crippen LogP contribution in [0.5, 0.6) is 5.75 Å². The Bertz CT molecular complexity index is 212. The van der Waals surface area contributed by atoms with Crippen molar-refractivity contribution in [2.24, 2.45) is 5.73 Å². The molecule has 0 atom stereocenters. The first-order valence-corrected chi connectivity index (χ1v) is 3.28. The summed E-state index contributed by atoms with van der Waals surface area (Å²) < 4.78 is 4.70. The average Bonchev–Trinajstić information content (AvgIpc) is 2.07. The molecule has 0 aliphatic carbocycles. The zero-order chi connectivity index (χ0) is 8.10. The van der Waals surface area contributed by atoms with Crippen molar-refractivity contribution in [3.8, 4) is 5.75 Å². The molecule has 0 aliphatic heterocycles. The molecule has 0 saturated carbocycles. The fraction of sp³-hybridized carbons (Fsp3) is 0.143. The molecule has 1 aromatic carbocycles. The monoisotopic (exact) mass is 150 g/mol. The molecule has 0 fully saturated rings. The van der Waals surface area contributed by atoms with E-state index in [2.05, 4.69) is 0 Å². The maximum atomic E-state index is 8.27. The lowest BCUT2D eigenvalue weighted by Crippen LogP contribution is -2.00. The van der Waals surface area contributed by atoms with Gasteiger partial charge in [0.15, 0.2) is 0 Å². The Morgan fingerprint density at radius 3 is 2.45 bits per heavy atom. The van der Waals surface area contributed by atoms with E-state index in [1.54, 1.807) is 12.1 Å². The van der Waals surface area contributed by atoms with Crippen molar-refractivity contribution < 1.29 is 9.68 Å². The van der Waals surface area contributed by atoms with Crippen LogP contribution < -0.4 is 10.4 Å². The van der Waals surface area contributed by atoms with Gasteiger partial charge in [-0.1, -0.05) is 12.1 Å². The number of rotatable bonds is 3. The van der Waals surface area contributed by atoms with E-state index in [0.29, 0.717) is 20.0 Å². The van der Waals surface area contributed by atoms with E-state index in [-0.39, 0.29) is 0 Å². The topological polar surface area (TPSA) is 55.5 Å². The molecule has 1 rings (SSSR count). The predicted molar refractivity (Wildman–Crippen MR) is 42.9 cm³/mol. The van der Waals surface area contributed by atoms with Crippen LogP contribution in [-0.4, -0.2) is 12.7 Å².